The molecule has 0 unspecified atom stereocenters. The quantitative estimate of drug-likeness (QED) is 0.534. The molecule has 0 saturated heterocycles. The fourth-order valence-electron chi connectivity index (χ4n) is 3.19. The minimum Gasteiger partial charge on any atom is -0.495 e. The van der Waals surface area contributed by atoms with E-state index in [0.717, 1.165) is 0 Å². The molecule has 0 aliphatic heterocycles. The fraction of sp³-hybridized carbons (Fsp3) is 0.190. The van der Waals surface area contributed by atoms with Crippen molar-refractivity contribution in [2.24, 2.45) is 0 Å². The Morgan fingerprint density at radius 1 is 1.07 bits per heavy atom. The van der Waals surface area contributed by atoms with Crippen molar-refractivity contribution in [1.29, 1.82) is 0 Å². The molecule has 0 bridgehead atoms. The van der Waals surface area contributed by atoms with Crippen LogP contribution in [0.2, 0.25) is 0 Å². The van der Waals surface area contributed by atoms with Crippen LogP contribution in [0.4, 0.5) is 5.82 Å². The lowest BCUT2D eigenvalue weighted by Crippen LogP contribution is -2.10. The number of ether oxygens (including phenoxy) is 2. The van der Waals surface area contributed by atoms with Gasteiger partial charge in [-0.25, -0.2) is 14.8 Å². The molecule has 0 fully saturated rings. The highest BCUT2D eigenvalue weighted by Crippen LogP contribution is 2.34. The number of hydrogen-bond acceptors (Lipinski definition) is 6. The van der Waals surface area contributed by atoms with Crippen molar-refractivity contribution >= 4 is 34.0 Å². The van der Waals surface area contributed by atoms with Gasteiger partial charge in [-0.05, 0) is 30.7 Å². The molecule has 7 nitrogen and oxygen atoms in total. The maximum atomic E-state index is 12.8. The van der Waals surface area contributed by atoms with E-state index in [4.69, 9.17) is 20.2 Å². The van der Waals surface area contributed by atoms with Crippen molar-refractivity contribution < 1.29 is 14.3 Å². The van der Waals surface area contributed by atoms with Crippen molar-refractivity contribution in [1.82, 2.24) is 14.5 Å². The number of benzene rings is 2. The van der Waals surface area contributed by atoms with Gasteiger partial charge in [0.05, 0.1) is 30.4 Å². The van der Waals surface area contributed by atoms with E-state index in [1.165, 1.54) is 0 Å². The van der Waals surface area contributed by atoms with Gasteiger partial charge < -0.3 is 15.2 Å². The number of carbonyl (C=O) groups excluding carboxylic acids is 1. The summed E-state index contributed by atoms with van der Waals surface area (Å²) >= 11 is 0. The maximum Gasteiger partial charge on any atom is 0.344 e. The normalized spacial score (nSPS) is 11.1. The highest BCUT2D eigenvalue weighted by atomic mass is 16.5. The van der Waals surface area contributed by atoms with Gasteiger partial charge in [-0.1, -0.05) is 31.2 Å². The zero-order valence-corrected chi connectivity index (χ0v) is 15.7. The molecule has 0 aliphatic carbocycles. The van der Waals surface area contributed by atoms with Crippen LogP contribution in [0.25, 0.3) is 27.9 Å². The summed E-state index contributed by atoms with van der Waals surface area (Å²) in [5.74, 6) is 0.313. The Bertz CT molecular complexity index is 1180. The van der Waals surface area contributed by atoms with Crippen LogP contribution in [0.1, 0.15) is 23.7 Å². The predicted octanol–water partition coefficient (Wildman–Crippen LogP) is 3.73. The van der Waals surface area contributed by atoms with Gasteiger partial charge in [0.1, 0.15) is 22.6 Å². The first kappa shape index (κ1) is 17.8. The molecule has 2 heterocycles. The second kappa shape index (κ2) is 7.19. The summed E-state index contributed by atoms with van der Waals surface area (Å²) in [5, 5.41) is 0. The molecule has 7 heteroatoms. The average Bonchev–Trinajstić information content (AvgIpc) is 3.00. The van der Waals surface area contributed by atoms with E-state index in [1.54, 1.807) is 11.7 Å². The molecule has 0 atom stereocenters. The van der Waals surface area contributed by atoms with E-state index in [1.807, 2.05) is 55.5 Å². The van der Waals surface area contributed by atoms with Crippen LogP contribution >= 0.6 is 0 Å². The Kier molecular flexibility index (Phi) is 4.57. The predicted molar refractivity (Wildman–Crippen MR) is 108 cm³/mol. The molecule has 0 aliphatic rings. The Morgan fingerprint density at radius 2 is 1.75 bits per heavy atom. The average molecular weight is 376 g/mol. The number of para-hydroxylation sites is 4. The molecule has 2 aromatic heterocycles. The summed E-state index contributed by atoms with van der Waals surface area (Å²) in [6.45, 7) is 2.24. The largest absolute Gasteiger partial charge is 0.495 e. The molecular weight excluding hydrogens is 356 g/mol. The van der Waals surface area contributed by atoms with Gasteiger partial charge in [0.15, 0.2) is 5.65 Å². The standard InChI is InChI=1S/C21H20N4O3/c1-3-12-28-21(26)17-18-20(24-14-9-5-4-8-13(14)23-18)25(19(17)22)15-10-6-7-11-16(15)27-2/h4-11H,3,12,22H2,1-2H3. The van der Waals surface area contributed by atoms with Crippen molar-refractivity contribution in [3.05, 3.63) is 54.1 Å². The number of rotatable bonds is 5. The third-order valence-corrected chi connectivity index (χ3v) is 4.47. The number of nitrogens with zero attached hydrogens (tertiary/aromatic N) is 3. The summed E-state index contributed by atoms with van der Waals surface area (Å²) < 4.78 is 12.5. The lowest BCUT2D eigenvalue weighted by Gasteiger charge is -2.12. The Labute approximate surface area is 161 Å². The van der Waals surface area contributed by atoms with E-state index in [0.29, 0.717) is 46.7 Å². The molecule has 4 aromatic rings. The first-order valence-corrected chi connectivity index (χ1v) is 9.03. The van der Waals surface area contributed by atoms with Gasteiger partial charge in [-0.15, -0.1) is 0 Å². The Morgan fingerprint density at radius 3 is 2.46 bits per heavy atom. The first-order valence-electron chi connectivity index (χ1n) is 9.03. The third-order valence-electron chi connectivity index (χ3n) is 4.47. The number of fused-ring (bicyclic) bond motifs is 2. The van der Waals surface area contributed by atoms with E-state index < -0.39 is 5.97 Å². The monoisotopic (exact) mass is 376 g/mol. The summed E-state index contributed by atoms with van der Waals surface area (Å²) in [7, 11) is 1.58. The van der Waals surface area contributed by atoms with Crippen LogP contribution in [-0.2, 0) is 4.74 Å². The number of methoxy groups -OCH3 is 1. The van der Waals surface area contributed by atoms with Crippen molar-refractivity contribution in [3.8, 4) is 11.4 Å². The molecule has 0 radical (unpaired) electrons. The lowest BCUT2D eigenvalue weighted by molar-refractivity contribution is 0.0508. The van der Waals surface area contributed by atoms with Crippen LogP contribution in [0.3, 0.4) is 0 Å². The summed E-state index contributed by atoms with van der Waals surface area (Å²) in [5.41, 5.74) is 9.59. The minimum atomic E-state index is -0.512. The van der Waals surface area contributed by atoms with Gasteiger partial charge in [-0.3, -0.25) is 4.57 Å². The number of nitrogen functional groups attached to an aromatic ring is 1. The third kappa shape index (κ3) is 2.81. The van der Waals surface area contributed by atoms with Gasteiger partial charge in [-0.2, -0.15) is 0 Å². The van der Waals surface area contributed by atoms with Crippen LogP contribution in [0.5, 0.6) is 5.75 Å². The zero-order chi connectivity index (χ0) is 19.7. The first-order chi connectivity index (χ1) is 13.7. The zero-order valence-electron chi connectivity index (χ0n) is 15.7. The van der Waals surface area contributed by atoms with Gasteiger partial charge in [0.2, 0.25) is 0 Å². The van der Waals surface area contributed by atoms with Crippen LogP contribution < -0.4 is 10.5 Å². The molecule has 0 saturated carbocycles. The summed E-state index contributed by atoms with van der Waals surface area (Å²) in [4.78, 5) is 22.2. The van der Waals surface area contributed by atoms with E-state index in [-0.39, 0.29) is 11.4 Å². The number of aromatic nitrogens is 3. The smallest absolute Gasteiger partial charge is 0.344 e. The SMILES string of the molecule is CCCOC(=O)c1c(N)n(-c2ccccc2OC)c2nc3ccccc3nc12. The summed E-state index contributed by atoms with van der Waals surface area (Å²) in [6, 6.07) is 14.9. The Hall–Kier alpha value is -3.61. The molecule has 142 valence electrons. The van der Waals surface area contributed by atoms with Gasteiger partial charge in [0, 0.05) is 0 Å². The number of esters is 1. The highest BCUT2D eigenvalue weighted by molar-refractivity contribution is 6.09. The number of hydrogen-bond donors (Lipinski definition) is 1. The van der Waals surface area contributed by atoms with Gasteiger partial charge in [0.25, 0.3) is 0 Å². The molecule has 28 heavy (non-hydrogen) atoms. The fourth-order valence-corrected chi connectivity index (χ4v) is 3.19. The van der Waals surface area contributed by atoms with Crippen molar-refractivity contribution in [3.63, 3.8) is 0 Å². The molecule has 0 spiro atoms. The topological polar surface area (TPSA) is 92.3 Å². The lowest BCUT2D eigenvalue weighted by atomic mass is 10.2. The van der Waals surface area contributed by atoms with Gasteiger partial charge >= 0.3 is 5.97 Å². The van der Waals surface area contributed by atoms with E-state index >= 15 is 0 Å². The number of anilines is 1. The summed E-state index contributed by atoms with van der Waals surface area (Å²) in [6.07, 6.45) is 0.714. The highest BCUT2D eigenvalue weighted by Gasteiger charge is 2.26. The molecule has 2 aromatic carbocycles. The molecule has 2 N–H and O–H groups in total. The van der Waals surface area contributed by atoms with Crippen LogP contribution in [0, 0.1) is 0 Å². The molecule has 4 rings (SSSR count). The van der Waals surface area contributed by atoms with Crippen LogP contribution in [-0.4, -0.2) is 34.2 Å². The Balaban J connectivity index is 2.07. The second-order valence-corrected chi connectivity index (χ2v) is 6.29. The van der Waals surface area contributed by atoms with Crippen LogP contribution in [0.15, 0.2) is 48.5 Å². The van der Waals surface area contributed by atoms with E-state index in [2.05, 4.69) is 4.98 Å². The van der Waals surface area contributed by atoms with Crippen molar-refractivity contribution in [2.45, 2.75) is 13.3 Å². The molecular formula is C21H20N4O3. The number of carbonyl (C=O) groups is 1. The maximum absolute atomic E-state index is 12.8. The van der Waals surface area contributed by atoms with E-state index in [9.17, 15) is 4.79 Å². The van der Waals surface area contributed by atoms with Crippen molar-refractivity contribution in [2.75, 3.05) is 19.5 Å². The minimum absolute atomic E-state index is 0.215. The molecule has 0 amide bonds. The number of nitrogens with two attached hydrogens (primary N) is 1. The second-order valence-electron chi connectivity index (χ2n) is 6.29.